The molecule has 1 rings (SSSR count). The van der Waals surface area contributed by atoms with Gasteiger partial charge in [0, 0.05) is 0 Å². The van der Waals surface area contributed by atoms with E-state index in [0.717, 1.165) is 6.42 Å². The number of nitrogen functional groups attached to an aromatic ring is 1. The van der Waals surface area contributed by atoms with Gasteiger partial charge in [0.1, 0.15) is 5.69 Å². The highest BCUT2D eigenvalue weighted by molar-refractivity contribution is 6.28. The van der Waals surface area contributed by atoms with Gasteiger partial charge in [-0.25, -0.2) is 4.98 Å². The fraction of sp³-hybridized carbons (Fsp3) is 0.556. The lowest BCUT2D eigenvalue weighted by atomic mass is 10.1. The van der Waals surface area contributed by atoms with E-state index < -0.39 is 0 Å². The molecule has 2 N–H and O–H groups in total. The van der Waals surface area contributed by atoms with Gasteiger partial charge in [-0.15, -0.1) is 0 Å². The monoisotopic (exact) mass is 215 g/mol. The Bertz CT molecular complexity index is 304. The van der Waals surface area contributed by atoms with Crippen molar-refractivity contribution in [2.45, 2.75) is 20.3 Å². The summed E-state index contributed by atoms with van der Waals surface area (Å²) in [5, 5.41) is 0.152. The highest BCUT2D eigenvalue weighted by Gasteiger charge is 2.04. The molecule has 0 atom stereocenters. The SMILES string of the molecule is CC(C)CCOc1nc(Cl)ncc1N. The van der Waals surface area contributed by atoms with E-state index in [-0.39, 0.29) is 5.28 Å². The van der Waals surface area contributed by atoms with Crippen molar-refractivity contribution in [2.24, 2.45) is 5.92 Å². The first-order valence-electron chi connectivity index (χ1n) is 4.50. The molecule has 1 aromatic heterocycles. The van der Waals surface area contributed by atoms with Crippen molar-refractivity contribution < 1.29 is 4.74 Å². The quantitative estimate of drug-likeness (QED) is 0.782. The standard InChI is InChI=1S/C9H14ClN3O/c1-6(2)3-4-14-8-7(11)5-12-9(10)13-8/h5-6H,3-4,11H2,1-2H3. The van der Waals surface area contributed by atoms with Crippen LogP contribution in [0.2, 0.25) is 5.28 Å². The first-order chi connectivity index (χ1) is 6.59. The van der Waals surface area contributed by atoms with Gasteiger partial charge in [-0.3, -0.25) is 0 Å². The number of rotatable bonds is 4. The molecule has 0 aliphatic carbocycles. The molecule has 1 heterocycles. The van der Waals surface area contributed by atoms with Crippen LogP contribution in [0.1, 0.15) is 20.3 Å². The van der Waals surface area contributed by atoms with Gasteiger partial charge in [0.15, 0.2) is 0 Å². The minimum absolute atomic E-state index is 0.152. The summed E-state index contributed by atoms with van der Waals surface area (Å²) in [7, 11) is 0. The summed E-state index contributed by atoms with van der Waals surface area (Å²) in [6.45, 7) is 4.84. The third-order valence-corrected chi connectivity index (χ3v) is 1.87. The van der Waals surface area contributed by atoms with Gasteiger partial charge in [0.25, 0.3) is 0 Å². The molecule has 0 aromatic carbocycles. The van der Waals surface area contributed by atoms with Crippen LogP contribution in [0.25, 0.3) is 0 Å². The zero-order valence-electron chi connectivity index (χ0n) is 8.33. The Kier molecular flexibility index (Phi) is 3.95. The lowest BCUT2D eigenvalue weighted by molar-refractivity contribution is 0.280. The molecular weight excluding hydrogens is 202 g/mol. The number of hydrogen-bond acceptors (Lipinski definition) is 4. The van der Waals surface area contributed by atoms with Crippen molar-refractivity contribution in [3.05, 3.63) is 11.5 Å². The molecule has 4 nitrogen and oxygen atoms in total. The second-order valence-corrected chi connectivity index (χ2v) is 3.77. The Hall–Kier alpha value is -1.03. The van der Waals surface area contributed by atoms with Crippen LogP contribution in [0.4, 0.5) is 5.69 Å². The van der Waals surface area contributed by atoms with E-state index in [1.165, 1.54) is 6.20 Å². The zero-order chi connectivity index (χ0) is 10.6. The smallest absolute Gasteiger partial charge is 0.241 e. The third-order valence-electron chi connectivity index (χ3n) is 1.68. The van der Waals surface area contributed by atoms with Crippen LogP contribution >= 0.6 is 11.6 Å². The number of halogens is 1. The van der Waals surface area contributed by atoms with Crippen LogP contribution in [-0.2, 0) is 0 Å². The molecule has 0 saturated heterocycles. The summed E-state index contributed by atoms with van der Waals surface area (Å²) in [5.74, 6) is 0.958. The Balaban J connectivity index is 2.53. The normalized spacial score (nSPS) is 10.6. The predicted octanol–water partition coefficient (Wildman–Crippen LogP) is 2.14. The summed E-state index contributed by atoms with van der Waals surface area (Å²) >= 11 is 5.60. The Morgan fingerprint density at radius 3 is 2.93 bits per heavy atom. The molecule has 14 heavy (non-hydrogen) atoms. The number of hydrogen-bond donors (Lipinski definition) is 1. The molecule has 0 radical (unpaired) electrons. The van der Waals surface area contributed by atoms with Gasteiger partial charge >= 0.3 is 0 Å². The average Bonchev–Trinajstić information content (AvgIpc) is 2.10. The molecule has 0 aliphatic heterocycles. The molecule has 0 bridgehead atoms. The second-order valence-electron chi connectivity index (χ2n) is 3.43. The van der Waals surface area contributed by atoms with Crippen LogP contribution in [0.3, 0.4) is 0 Å². The average molecular weight is 216 g/mol. The summed E-state index contributed by atoms with van der Waals surface area (Å²) < 4.78 is 5.37. The van der Waals surface area contributed by atoms with E-state index in [2.05, 4.69) is 23.8 Å². The number of aromatic nitrogens is 2. The Morgan fingerprint density at radius 1 is 1.57 bits per heavy atom. The number of ether oxygens (including phenoxy) is 1. The molecule has 0 unspecified atom stereocenters. The van der Waals surface area contributed by atoms with Crippen molar-refractivity contribution >= 4 is 17.3 Å². The molecule has 1 aromatic rings. The Morgan fingerprint density at radius 2 is 2.29 bits per heavy atom. The van der Waals surface area contributed by atoms with Crippen molar-refractivity contribution in [1.82, 2.24) is 9.97 Å². The predicted molar refractivity (Wildman–Crippen MR) is 56.4 cm³/mol. The minimum atomic E-state index is 0.152. The summed E-state index contributed by atoms with van der Waals surface area (Å²) in [6.07, 6.45) is 2.40. The third kappa shape index (κ3) is 3.38. The van der Waals surface area contributed by atoms with Gasteiger partial charge < -0.3 is 10.5 Å². The maximum Gasteiger partial charge on any atom is 0.241 e. The maximum atomic E-state index is 5.60. The highest BCUT2D eigenvalue weighted by atomic mass is 35.5. The van der Waals surface area contributed by atoms with Gasteiger partial charge in [0.05, 0.1) is 12.8 Å². The van der Waals surface area contributed by atoms with Crippen LogP contribution in [0.15, 0.2) is 6.20 Å². The zero-order valence-corrected chi connectivity index (χ0v) is 9.08. The maximum absolute atomic E-state index is 5.60. The first-order valence-corrected chi connectivity index (χ1v) is 4.88. The lowest BCUT2D eigenvalue weighted by Crippen LogP contribution is -2.05. The molecular formula is C9H14ClN3O. The lowest BCUT2D eigenvalue weighted by Gasteiger charge is -2.08. The van der Waals surface area contributed by atoms with Crippen molar-refractivity contribution in [1.29, 1.82) is 0 Å². The van der Waals surface area contributed by atoms with Gasteiger partial charge in [-0.2, -0.15) is 4.98 Å². The van der Waals surface area contributed by atoms with Crippen molar-refractivity contribution in [3.8, 4) is 5.88 Å². The van der Waals surface area contributed by atoms with Crippen LogP contribution in [0.5, 0.6) is 5.88 Å². The second kappa shape index (κ2) is 5.00. The molecule has 0 fully saturated rings. The van der Waals surface area contributed by atoms with Crippen LogP contribution < -0.4 is 10.5 Å². The van der Waals surface area contributed by atoms with Crippen molar-refractivity contribution in [2.75, 3.05) is 12.3 Å². The van der Waals surface area contributed by atoms with Gasteiger partial charge in [0.2, 0.25) is 11.2 Å². The fourth-order valence-electron chi connectivity index (χ4n) is 0.862. The van der Waals surface area contributed by atoms with E-state index in [4.69, 9.17) is 22.1 Å². The van der Waals surface area contributed by atoms with E-state index >= 15 is 0 Å². The number of anilines is 1. The highest BCUT2D eigenvalue weighted by Crippen LogP contribution is 2.18. The largest absolute Gasteiger partial charge is 0.476 e. The van der Waals surface area contributed by atoms with E-state index in [9.17, 15) is 0 Å². The van der Waals surface area contributed by atoms with Gasteiger partial charge in [-0.1, -0.05) is 13.8 Å². The summed E-state index contributed by atoms with van der Waals surface area (Å²) in [4.78, 5) is 7.61. The Labute approximate surface area is 88.5 Å². The topological polar surface area (TPSA) is 61.0 Å². The summed E-state index contributed by atoms with van der Waals surface area (Å²) in [5.41, 5.74) is 6.01. The summed E-state index contributed by atoms with van der Waals surface area (Å²) in [6, 6.07) is 0. The number of nitrogens with two attached hydrogens (primary N) is 1. The van der Waals surface area contributed by atoms with Crippen LogP contribution in [-0.4, -0.2) is 16.6 Å². The molecule has 0 amide bonds. The van der Waals surface area contributed by atoms with E-state index in [1.54, 1.807) is 0 Å². The van der Waals surface area contributed by atoms with E-state index in [1.807, 2.05) is 0 Å². The first kappa shape index (κ1) is 11.0. The fourth-order valence-corrected chi connectivity index (χ4v) is 0.988. The minimum Gasteiger partial charge on any atom is -0.476 e. The van der Waals surface area contributed by atoms with E-state index in [0.29, 0.717) is 24.1 Å². The van der Waals surface area contributed by atoms with Gasteiger partial charge in [-0.05, 0) is 23.9 Å². The molecule has 0 spiro atoms. The van der Waals surface area contributed by atoms with Crippen LogP contribution in [0, 0.1) is 5.92 Å². The molecule has 0 aliphatic rings. The number of nitrogens with zero attached hydrogens (tertiary/aromatic N) is 2. The van der Waals surface area contributed by atoms with Crippen molar-refractivity contribution in [3.63, 3.8) is 0 Å². The molecule has 78 valence electrons. The molecule has 5 heteroatoms. The molecule has 0 saturated carbocycles.